The van der Waals surface area contributed by atoms with Gasteiger partial charge in [-0.3, -0.25) is 0 Å². The van der Waals surface area contributed by atoms with E-state index in [9.17, 15) is 0 Å². The van der Waals surface area contributed by atoms with Crippen molar-refractivity contribution in [2.24, 2.45) is 11.1 Å². The van der Waals surface area contributed by atoms with Crippen LogP contribution in [0.5, 0.6) is 0 Å². The van der Waals surface area contributed by atoms with Gasteiger partial charge >= 0.3 is 0 Å². The molecule has 60 valence electrons. The molecule has 0 aliphatic heterocycles. The summed E-state index contributed by atoms with van der Waals surface area (Å²) in [6, 6.07) is 0.167. The van der Waals surface area contributed by atoms with E-state index in [0.29, 0.717) is 5.41 Å². The van der Waals surface area contributed by atoms with Crippen LogP contribution in [-0.2, 0) is 0 Å². The Morgan fingerprint density at radius 2 is 1.90 bits per heavy atom. The maximum absolute atomic E-state index is 5.80. The van der Waals surface area contributed by atoms with Gasteiger partial charge in [0.2, 0.25) is 0 Å². The van der Waals surface area contributed by atoms with E-state index in [1.54, 1.807) is 0 Å². The van der Waals surface area contributed by atoms with E-state index in [4.69, 9.17) is 5.73 Å². The molecule has 0 rings (SSSR count). The molecular formula is C9H19N. The Balaban J connectivity index is 3.80. The van der Waals surface area contributed by atoms with Crippen molar-refractivity contribution in [3.05, 3.63) is 12.2 Å². The minimum atomic E-state index is 0.167. The van der Waals surface area contributed by atoms with E-state index in [0.717, 1.165) is 12.0 Å². The van der Waals surface area contributed by atoms with Crippen molar-refractivity contribution >= 4 is 0 Å². The fourth-order valence-corrected chi connectivity index (χ4v) is 0.834. The highest BCUT2D eigenvalue weighted by Crippen LogP contribution is 2.21. The van der Waals surface area contributed by atoms with Gasteiger partial charge in [0.1, 0.15) is 0 Å². The monoisotopic (exact) mass is 141 g/mol. The third-order valence-electron chi connectivity index (χ3n) is 1.47. The van der Waals surface area contributed by atoms with Crippen molar-refractivity contribution in [2.75, 3.05) is 0 Å². The summed E-state index contributed by atoms with van der Waals surface area (Å²) >= 11 is 0. The summed E-state index contributed by atoms with van der Waals surface area (Å²) in [5.41, 5.74) is 7.20. The minimum Gasteiger partial charge on any atom is -0.324 e. The summed E-state index contributed by atoms with van der Waals surface area (Å²) in [5, 5.41) is 0. The van der Waals surface area contributed by atoms with E-state index in [2.05, 4.69) is 27.4 Å². The second-order valence-corrected chi connectivity index (χ2v) is 4.22. The topological polar surface area (TPSA) is 26.0 Å². The molecule has 0 bridgehead atoms. The molecular weight excluding hydrogens is 122 g/mol. The zero-order chi connectivity index (χ0) is 8.36. The highest BCUT2D eigenvalue weighted by atomic mass is 14.6. The van der Waals surface area contributed by atoms with Crippen LogP contribution in [0.2, 0.25) is 0 Å². The van der Waals surface area contributed by atoms with Crippen LogP contribution >= 0.6 is 0 Å². The largest absolute Gasteiger partial charge is 0.324 e. The normalized spacial score (nSPS) is 14.9. The first-order valence-electron chi connectivity index (χ1n) is 3.74. The third kappa shape index (κ3) is 4.57. The molecule has 0 aromatic rings. The number of rotatable bonds is 2. The Labute approximate surface area is 64.3 Å². The van der Waals surface area contributed by atoms with Gasteiger partial charge in [-0.1, -0.05) is 32.9 Å². The van der Waals surface area contributed by atoms with Gasteiger partial charge in [0, 0.05) is 6.04 Å². The Morgan fingerprint density at radius 3 is 2.00 bits per heavy atom. The Bertz CT molecular complexity index is 119. The molecule has 1 atom stereocenters. The quantitative estimate of drug-likeness (QED) is 0.587. The number of hydrogen-bond acceptors (Lipinski definition) is 1. The van der Waals surface area contributed by atoms with Gasteiger partial charge in [0.15, 0.2) is 0 Å². The lowest BCUT2D eigenvalue weighted by Gasteiger charge is -2.23. The van der Waals surface area contributed by atoms with E-state index in [-0.39, 0.29) is 6.04 Å². The first-order valence-corrected chi connectivity index (χ1v) is 3.74. The molecule has 0 aliphatic carbocycles. The Hall–Kier alpha value is -0.300. The molecule has 0 radical (unpaired) electrons. The van der Waals surface area contributed by atoms with Crippen LogP contribution in [0.25, 0.3) is 0 Å². The summed E-state index contributed by atoms with van der Waals surface area (Å²) in [4.78, 5) is 0. The molecule has 0 heterocycles. The van der Waals surface area contributed by atoms with Gasteiger partial charge in [-0.05, 0) is 18.8 Å². The van der Waals surface area contributed by atoms with Crippen molar-refractivity contribution in [2.45, 2.75) is 40.2 Å². The third-order valence-corrected chi connectivity index (χ3v) is 1.47. The van der Waals surface area contributed by atoms with E-state index in [1.807, 2.05) is 6.92 Å². The first-order chi connectivity index (χ1) is 4.33. The van der Waals surface area contributed by atoms with Crippen LogP contribution in [0.15, 0.2) is 12.2 Å². The van der Waals surface area contributed by atoms with Crippen LogP contribution in [0.1, 0.15) is 34.1 Å². The first kappa shape index (κ1) is 9.70. The van der Waals surface area contributed by atoms with Gasteiger partial charge in [-0.15, -0.1) is 0 Å². The standard InChI is InChI=1S/C9H19N/c1-7(2)8(10)6-9(3,4)5/h8H,1,6,10H2,2-5H3. The second kappa shape index (κ2) is 3.20. The van der Waals surface area contributed by atoms with Gasteiger partial charge in [-0.2, -0.15) is 0 Å². The SMILES string of the molecule is C=C(C)C(N)CC(C)(C)C. The van der Waals surface area contributed by atoms with Crippen LogP contribution in [0, 0.1) is 5.41 Å². The fraction of sp³-hybridized carbons (Fsp3) is 0.778. The predicted molar refractivity (Wildman–Crippen MR) is 46.9 cm³/mol. The van der Waals surface area contributed by atoms with Gasteiger partial charge in [0.05, 0.1) is 0 Å². The molecule has 0 aliphatic rings. The van der Waals surface area contributed by atoms with Gasteiger partial charge in [0.25, 0.3) is 0 Å². The molecule has 0 aromatic carbocycles. The Morgan fingerprint density at radius 1 is 1.50 bits per heavy atom. The molecule has 0 spiro atoms. The number of hydrogen-bond donors (Lipinski definition) is 1. The maximum atomic E-state index is 5.80. The van der Waals surface area contributed by atoms with Crippen molar-refractivity contribution in [3.63, 3.8) is 0 Å². The zero-order valence-electron chi connectivity index (χ0n) is 7.57. The molecule has 1 nitrogen and oxygen atoms in total. The molecule has 1 heteroatoms. The van der Waals surface area contributed by atoms with Crippen LogP contribution < -0.4 is 5.73 Å². The Kier molecular flexibility index (Phi) is 3.10. The van der Waals surface area contributed by atoms with Crippen LogP contribution in [0.3, 0.4) is 0 Å². The molecule has 0 fully saturated rings. The minimum absolute atomic E-state index is 0.167. The molecule has 0 amide bonds. The highest BCUT2D eigenvalue weighted by Gasteiger charge is 2.15. The molecule has 1 unspecified atom stereocenters. The molecule has 2 N–H and O–H groups in total. The van der Waals surface area contributed by atoms with Crippen LogP contribution in [-0.4, -0.2) is 6.04 Å². The highest BCUT2D eigenvalue weighted by molar-refractivity contribution is 5.00. The fourth-order valence-electron chi connectivity index (χ4n) is 0.834. The summed E-state index contributed by atoms with van der Waals surface area (Å²) in [6.45, 7) is 12.4. The number of nitrogens with two attached hydrogens (primary N) is 1. The second-order valence-electron chi connectivity index (χ2n) is 4.22. The molecule has 0 aromatic heterocycles. The lowest BCUT2D eigenvalue weighted by atomic mass is 9.86. The summed E-state index contributed by atoms with van der Waals surface area (Å²) in [5.74, 6) is 0. The van der Waals surface area contributed by atoms with E-state index in [1.165, 1.54) is 0 Å². The van der Waals surface area contributed by atoms with Crippen molar-refractivity contribution in [1.82, 2.24) is 0 Å². The zero-order valence-corrected chi connectivity index (χ0v) is 7.57. The average molecular weight is 141 g/mol. The van der Waals surface area contributed by atoms with Crippen molar-refractivity contribution < 1.29 is 0 Å². The van der Waals surface area contributed by atoms with Gasteiger partial charge < -0.3 is 5.73 Å². The van der Waals surface area contributed by atoms with Crippen molar-refractivity contribution in [3.8, 4) is 0 Å². The van der Waals surface area contributed by atoms with Gasteiger partial charge in [-0.25, -0.2) is 0 Å². The summed E-state index contributed by atoms with van der Waals surface area (Å²) < 4.78 is 0. The molecule has 10 heavy (non-hydrogen) atoms. The lowest BCUT2D eigenvalue weighted by molar-refractivity contribution is 0.355. The smallest absolute Gasteiger partial charge is 0.0253 e. The van der Waals surface area contributed by atoms with Crippen LogP contribution in [0.4, 0.5) is 0 Å². The predicted octanol–water partition coefficient (Wildman–Crippen LogP) is 2.33. The van der Waals surface area contributed by atoms with Crippen molar-refractivity contribution in [1.29, 1.82) is 0 Å². The van der Waals surface area contributed by atoms with E-state index < -0.39 is 0 Å². The van der Waals surface area contributed by atoms with E-state index >= 15 is 0 Å². The summed E-state index contributed by atoms with van der Waals surface area (Å²) in [6.07, 6.45) is 1.02. The molecule has 0 saturated carbocycles. The lowest BCUT2D eigenvalue weighted by Crippen LogP contribution is -2.26. The average Bonchev–Trinajstić information content (AvgIpc) is 1.60. The summed E-state index contributed by atoms with van der Waals surface area (Å²) in [7, 11) is 0. The maximum Gasteiger partial charge on any atom is 0.0253 e. The molecule has 0 saturated heterocycles.